The molecule has 1 aromatic rings. The molecular weight excluding hydrogens is 271 g/mol. The minimum absolute atomic E-state index is 0.248. The predicted octanol–water partition coefficient (Wildman–Crippen LogP) is 3.07. The highest BCUT2D eigenvalue weighted by Crippen LogP contribution is 2.38. The number of para-hydroxylation sites is 1. The number of alkyl halides is 3. The monoisotopic (exact) mass is 281 g/mol. The van der Waals surface area contributed by atoms with Gasteiger partial charge < -0.3 is 10.4 Å². The summed E-state index contributed by atoms with van der Waals surface area (Å²) in [5, 5.41) is 11.1. The molecule has 0 atom stereocenters. The van der Waals surface area contributed by atoms with Crippen molar-refractivity contribution >= 4 is 23.2 Å². The average molecular weight is 282 g/mol. The molecule has 0 aliphatic carbocycles. The molecule has 1 rings (SSSR count). The van der Waals surface area contributed by atoms with Crippen molar-refractivity contribution in [2.75, 3.05) is 5.32 Å². The van der Waals surface area contributed by atoms with E-state index in [1.807, 2.05) is 5.32 Å². The largest absolute Gasteiger partial charge is 0.418 e. The molecule has 0 saturated carbocycles. The van der Waals surface area contributed by atoms with Gasteiger partial charge in [0.2, 0.25) is 0 Å². The van der Waals surface area contributed by atoms with Crippen LogP contribution in [0.1, 0.15) is 19.4 Å². The molecule has 2 N–H and O–H groups in total. The van der Waals surface area contributed by atoms with E-state index in [4.69, 9.17) is 11.6 Å². The maximum atomic E-state index is 12.7. The third-order valence-electron chi connectivity index (χ3n) is 2.11. The Hall–Kier alpha value is -1.27. The molecule has 1 amide bonds. The van der Waals surface area contributed by atoms with Gasteiger partial charge in [0.25, 0.3) is 5.91 Å². The molecule has 18 heavy (non-hydrogen) atoms. The van der Waals surface area contributed by atoms with Gasteiger partial charge in [0.15, 0.2) is 0 Å². The molecular formula is C11H11ClF3NO2. The first kappa shape index (κ1) is 14.8. The van der Waals surface area contributed by atoms with Crippen LogP contribution in [0.25, 0.3) is 0 Å². The Labute approximate surface area is 107 Å². The third-order valence-corrected chi connectivity index (χ3v) is 2.43. The molecule has 0 heterocycles. The zero-order valence-corrected chi connectivity index (χ0v) is 10.4. The van der Waals surface area contributed by atoms with Crippen LogP contribution in [0.3, 0.4) is 0 Å². The summed E-state index contributed by atoms with van der Waals surface area (Å²) < 4.78 is 38.1. The number of hydrogen-bond acceptors (Lipinski definition) is 2. The molecule has 0 aliphatic rings. The smallest absolute Gasteiger partial charge is 0.381 e. The Morgan fingerprint density at radius 2 is 1.89 bits per heavy atom. The second kappa shape index (κ2) is 4.78. The van der Waals surface area contributed by atoms with Gasteiger partial charge in [-0.15, -0.1) is 0 Å². The SMILES string of the molecule is CC(C)(O)C(=O)Nc1c(Cl)cccc1C(F)(F)F. The Bertz CT molecular complexity index is 466. The Balaban J connectivity index is 3.20. The topological polar surface area (TPSA) is 49.3 Å². The van der Waals surface area contributed by atoms with Crippen LogP contribution in [0, 0.1) is 0 Å². The van der Waals surface area contributed by atoms with E-state index in [0.29, 0.717) is 0 Å². The van der Waals surface area contributed by atoms with E-state index >= 15 is 0 Å². The molecule has 3 nitrogen and oxygen atoms in total. The van der Waals surface area contributed by atoms with Crippen LogP contribution in [-0.4, -0.2) is 16.6 Å². The fraction of sp³-hybridized carbons (Fsp3) is 0.364. The number of rotatable bonds is 2. The molecule has 7 heteroatoms. The predicted molar refractivity (Wildman–Crippen MR) is 61.4 cm³/mol. The van der Waals surface area contributed by atoms with E-state index in [2.05, 4.69) is 0 Å². The molecule has 0 aromatic heterocycles. The number of halogens is 4. The van der Waals surface area contributed by atoms with E-state index in [9.17, 15) is 23.1 Å². The van der Waals surface area contributed by atoms with Gasteiger partial charge in [0, 0.05) is 0 Å². The number of amides is 1. The summed E-state index contributed by atoms with van der Waals surface area (Å²) in [5.41, 5.74) is -3.42. The average Bonchev–Trinajstić information content (AvgIpc) is 2.17. The van der Waals surface area contributed by atoms with Gasteiger partial charge in [-0.2, -0.15) is 13.2 Å². The van der Waals surface area contributed by atoms with Gasteiger partial charge in [0.1, 0.15) is 5.60 Å². The van der Waals surface area contributed by atoms with Crippen molar-refractivity contribution in [2.24, 2.45) is 0 Å². The van der Waals surface area contributed by atoms with E-state index in [0.717, 1.165) is 26.0 Å². The highest BCUT2D eigenvalue weighted by atomic mass is 35.5. The van der Waals surface area contributed by atoms with Crippen molar-refractivity contribution in [3.05, 3.63) is 28.8 Å². The van der Waals surface area contributed by atoms with Crippen LogP contribution in [0.4, 0.5) is 18.9 Å². The maximum Gasteiger partial charge on any atom is 0.418 e. The first-order valence-corrected chi connectivity index (χ1v) is 5.31. The zero-order valence-electron chi connectivity index (χ0n) is 9.60. The van der Waals surface area contributed by atoms with Crippen molar-refractivity contribution in [1.82, 2.24) is 0 Å². The van der Waals surface area contributed by atoms with Crippen LogP contribution in [0.5, 0.6) is 0 Å². The van der Waals surface area contributed by atoms with Gasteiger partial charge in [-0.3, -0.25) is 4.79 Å². The zero-order chi connectivity index (χ0) is 14.1. The summed E-state index contributed by atoms with van der Waals surface area (Å²) >= 11 is 5.63. The van der Waals surface area contributed by atoms with Crippen LogP contribution >= 0.6 is 11.6 Å². The molecule has 1 aromatic carbocycles. The molecule has 100 valence electrons. The van der Waals surface area contributed by atoms with E-state index in [1.165, 1.54) is 6.07 Å². The molecule has 0 aliphatic heterocycles. The number of nitrogens with one attached hydrogen (secondary N) is 1. The van der Waals surface area contributed by atoms with Crippen LogP contribution in [0.15, 0.2) is 18.2 Å². The number of aliphatic hydroxyl groups is 1. The van der Waals surface area contributed by atoms with Crippen molar-refractivity contribution in [1.29, 1.82) is 0 Å². The molecule has 0 fully saturated rings. The Morgan fingerprint density at radius 3 is 2.33 bits per heavy atom. The van der Waals surface area contributed by atoms with E-state index in [-0.39, 0.29) is 5.02 Å². The molecule has 0 radical (unpaired) electrons. The fourth-order valence-electron chi connectivity index (χ4n) is 1.15. The molecule has 0 spiro atoms. The fourth-order valence-corrected chi connectivity index (χ4v) is 1.38. The van der Waals surface area contributed by atoms with Gasteiger partial charge in [-0.25, -0.2) is 0 Å². The van der Waals surface area contributed by atoms with Gasteiger partial charge in [-0.05, 0) is 26.0 Å². The van der Waals surface area contributed by atoms with Crippen molar-refractivity contribution < 1.29 is 23.1 Å². The summed E-state index contributed by atoms with van der Waals surface area (Å²) in [6.07, 6.45) is -4.65. The second-order valence-corrected chi connectivity index (χ2v) is 4.58. The summed E-state index contributed by atoms with van der Waals surface area (Å²) in [7, 11) is 0. The van der Waals surface area contributed by atoms with Gasteiger partial charge >= 0.3 is 6.18 Å². The van der Waals surface area contributed by atoms with Crippen molar-refractivity contribution in [2.45, 2.75) is 25.6 Å². The normalized spacial score (nSPS) is 12.4. The number of anilines is 1. The summed E-state index contributed by atoms with van der Waals surface area (Å²) in [6.45, 7) is 2.32. The standard InChI is InChI=1S/C11H11ClF3NO2/c1-10(2,18)9(17)16-8-6(11(13,14)15)4-3-5-7(8)12/h3-5,18H,1-2H3,(H,16,17). The minimum atomic E-state index is -4.65. The quantitative estimate of drug-likeness (QED) is 0.875. The maximum absolute atomic E-state index is 12.7. The van der Waals surface area contributed by atoms with E-state index < -0.39 is 28.9 Å². The first-order chi connectivity index (χ1) is 8.03. The lowest BCUT2D eigenvalue weighted by Crippen LogP contribution is -2.37. The highest BCUT2D eigenvalue weighted by molar-refractivity contribution is 6.34. The van der Waals surface area contributed by atoms with Gasteiger partial charge in [-0.1, -0.05) is 17.7 Å². The minimum Gasteiger partial charge on any atom is -0.381 e. The lowest BCUT2D eigenvalue weighted by atomic mass is 10.1. The van der Waals surface area contributed by atoms with Crippen molar-refractivity contribution in [3.63, 3.8) is 0 Å². The third kappa shape index (κ3) is 3.36. The molecule has 0 saturated heterocycles. The number of benzene rings is 1. The number of carbonyl (C=O) groups excluding carboxylic acids is 1. The summed E-state index contributed by atoms with van der Waals surface area (Å²) in [4.78, 5) is 11.5. The van der Waals surface area contributed by atoms with Crippen LogP contribution in [0.2, 0.25) is 5.02 Å². The highest BCUT2D eigenvalue weighted by Gasteiger charge is 2.36. The van der Waals surface area contributed by atoms with Crippen LogP contribution in [-0.2, 0) is 11.0 Å². The number of carbonyl (C=O) groups is 1. The summed E-state index contributed by atoms with van der Waals surface area (Å²) in [5.74, 6) is -0.971. The lowest BCUT2D eigenvalue weighted by Gasteiger charge is -2.20. The summed E-state index contributed by atoms with van der Waals surface area (Å²) in [6, 6.07) is 3.15. The first-order valence-electron chi connectivity index (χ1n) is 4.93. The van der Waals surface area contributed by atoms with E-state index in [1.54, 1.807) is 0 Å². The second-order valence-electron chi connectivity index (χ2n) is 4.17. The van der Waals surface area contributed by atoms with Gasteiger partial charge in [0.05, 0.1) is 16.3 Å². The Kier molecular flexibility index (Phi) is 3.92. The Morgan fingerprint density at radius 1 is 1.33 bits per heavy atom. The molecule has 0 unspecified atom stereocenters. The molecule has 0 bridgehead atoms. The van der Waals surface area contributed by atoms with Crippen LogP contribution < -0.4 is 5.32 Å². The number of hydrogen-bond donors (Lipinski definition) is 2. The van der Waals surface area contributed by atoms with Crippen molar-refractivity contribution in [3.8, 4) is 0 Å². The lowest BCUT2D eigenvalue weighted by molar-refractivity contribution is -0.137.